The summed E-state index contributed by atoms with van der Waals surface area (Å²) in [7, 11) is 1.30. The summed E-state index contributed by atoms with van der Waals surface area (Å²) >= 11 is 0. The molecule has 0 bridgehead atoms. The molecule has 108 valence electrons. The second-order valence-corrected chi connectivity index (χ2v) is 4.97. The Morgan fingerprint density at radius 2 is 1.80 bits per heavy atom. The van der Waals surface area contributed by atoms with Crippen LogP contribution >= 0.6 is 0 Å². The lowest BCUT2D eigenvalue weighted by Crippen LogP contribution is -2.32. The standard InChI is InChI=1S/C14H16O6/c1-20-10-7-8(6-9(11(10)15)12(16)17)14(13(18)19)4-2-3-5-14/h6-7,15H,2-5H2,1H3,(H,16,17)(H,18,19). The van der Waals surface area contributed by atoms with Gasteiger partial charge in [0.05, 0.1) is 12.5 Å². The van der Waals surface area contributed by atoms with E-state index in [0.29, 0.717) is 18.4 Å². The largest absolute Gasteiger partial charge is 0.504 e. The van der Waals surface area contributed by atoms with Gasteiger partial charge in [-0.3, -0.25) is 4.79 Å². The molecule has 3 N–H and O–H groups in total. The maximum atomic E-state index is 11.6. The molecule has 0 unspecified atom stereocenters. The first-order valence-electron chi connectivity index (χ1n) is 6.30. The molecule has 1 aliphatic rings. The van der Waals surface area contributed by atoms with Crippen LogP contribution in [-0.2, 0) is 10.2 Å². The van der Waals surface area contributed by atoms with Crippen molar-refractivity contribution in [2.24, 2.45) is 0 Å². The Kier molecular flexibility index (Phi) is 3.57. The number of phenols is 1. The first-order chi connectivity index (χ1) is 9.42. The average molecular weight is 280 g/mol. The molecule has 2 rings (SSSR count). The number of aromatic hydroxyl groups is 1. The van der Waals surface area contributed by atoms with Crippen LogP contribution in [0, 0.1) is 0 Å². The van der Waals surface area contributed by atoms with Gasteiger partial charge in [0.1, 0.15) is 5.56 Å². The molecule has 6 heteroatoms. The molecule has 1 aromatic rings. The zero-order valence-corrected chi connectivity index (χ0v) is 11.0. The second-order valence-electron chi connectivity index (χ2n) is 4.97. The van der Waals surface area contributed by atoms with E-state index in [1.807, 2.05) is 0 Å². The Hall–Kier alpha value is -2.24. The highest BCUT2D eigenvalue weighted by atomic mass is 16.5. The number of rotatable bonds is 4. The summed E-state index contributed by atoms with van der Waals surface area (Å²) in [6.07, 6.45) is 2.46. The number of aromatic carboxylic acids is 1. The monoisotopic (exact) mass is 280 g/mol. The van der Waals surface area contributed by atoms with Gasteiger partial charge >= 0.3 is 11.9 Å². The van der Waals surface area contributed by atoms with Crippen LogP contribution in [0.4, 0.5) is 0 Å². The summed E-state index contributed by atoms with van der Waals surface area (Å²) < 4.78 is 4.95. The van der Waals surface area contributed by atoms with Gasteiger partial charge in [-0.1, -0.05) is 12.8 Å². The van der Waals surface area contributed by atoms with Gasteiger partial charge in [0.2, 0.25) is 0 Å². The Balaban J connectivity index is 2.64. The van der Waals surface area contributed by atoms with E-state index in [1.165, 1.54) is 19.2 Å². The minimum Gasteiger partial charge on any atom is -0.504 e. The van der Waals surface area contributed by atoms with E-state index in [0.717, 1.165) is 12.8 Å². The molecule has 1 aromatic carbocycles. The van der Waals surface area contributed by atoms with Crippen molar-refractivity contribution in [2.75, 3.05) is 7.11 Å². The van der Waals surface area contributed by atoms with Crippen LogP contribution in [0.3, 0.4) is 0 Å². The van der Waals surface area contributed by atoms with Crippen LogP contribution in [0.5, 0.6) is 11.5 Å². The minimum absolute atomic E-state index is 0.0209. The zero-order valence-electron chi connectivity index (χ0n) is 11.0. The van der Waals surface area contributed by atoms with E-state index < -0.39 is 23.1 Å². The van der Waals surface area contributed by atoms with Crippen LogP contribution < -0.4 is 4.74 Å². The van der Waals surface area contributed by atoms with Crippen molar-refractivity contribution in [1.29, 1.82) is 0 Å². The fourth-order valence-electron chi connectivity index (χ4n) is 2.81. The summed E-state index contributed by atoms with van der Waals surface area (Å²) in [5, 5.41) is 28.4. The van der Waals surface area contributed by atoms with E-state index in [-0.39, 0.29) is 11.3 Å². The van der Waals surface area contributed by atoms with Gasteiger partial charge in [0.25, 0.3) is 0 Å². The number of benzene rings is 1. The molecular weight excluding hydrogens is 264 g/mol. The van der Waals surface area contributed by atoms with Crippen LogP contribution in [-0.4, -0.2) is 34.4 Å². The molecule has 0 aliphatic heterocycles. The van der Waals surface area contributed by atoms with Crippen molar-refractivity contribution in [3.63, 3.8) is 0 Å². The van der Waals surface area contributed by atoms with Gasteiger partial charge in [-0.25, -0.2) is 4.79 Å². The Bertz CT molecular complexity index is 557. The molecule has 0 aromatic heterocycles. The van der Waals surface area contributed by atoms with Crippen molar-refractivity contribution in [3.8, 4) is 11.5 Å². The molecule has 0 spiro atoms. The summed E-state index contributed by atoms with van der Waals surface area (Å²) in [4.78, 5) is 22.8. The van der Waals surface area contributed by atoms with Crippen molar-refractivity contribution in [1.82, 2.24) is 0 Å². The molecular formula is C14H16O6. The third-order valence-electron chi connectivity index (χ3n) is 3.94. The molecule has 20 heavy (non-hydrogen) atoms. The second kappa shape index (κ2) is 5.03. The van der Waals surface area contributed by atoms with Gasteiger partial charge in [-0.2, -0.15) is 0 Å². The average Bonchev–Trinajstić information content (AvgIpc) is 2.89. The van der Waals surface area contributed by atoms with E-state index in [4.69, 9.17) is 9.84 Å². The molecule has 0 amide bonds. The van der Waals surface area contributed by atoms with E-state index in [9.17, 15) is 19.8 Å². The van der Waals surface area contributed by atoms with Crippen LogP contribution in [0.25, 0.3) is 0 Å². The van der Waals surface area contributed by atoms with Crippen LogP contribution in [0.1, 0.15) is 41.6 Å². The molecule has 0 saturated heterocycles. The predicted octanol–water partition coefficient (Wildman–Crippen LogP) is 2.00. The Morgan fingerprint density at radius 3 is 2.25 bits per heavy atom. The third-order valence-corrected chi connectivity index (χ3v) is 3.94. The van der Waals surface area contributed by atoms with Gasteiger partial charge in [0.15, 0.2) is 11.5 Å². The van der Waals surface area contributed by atoms with E-state index in [2.05, 4.69) is 0 Å². The lowest BCUT2D eigenvalue weighted by molar-refractivity contribution is -0.143. The predicted molar refractivity (Wildman–Crippen MR) is 69.4 cm³/mol. The Morgan fingerprint density at radius 1 is 1.20 bits per heavy atom. The van der Waals surface area contributed by atoms with Crippen LogP contribution in [0.2, 0.25) is 0 Å². The SMILES string of the molecule is COc1cc(C2(C(=O)O)CCCC2)cc(C(=O)O)c1O. The Labute approximate surface area is 115 Å². The lowest BCUT2D eigenvalue weighted by Gasteiger charge is -2.25. The molecule has 0 radical (unpaired) electrons. The lowest BCUT2D eigenvalue weighted by atomic mass is 9.78. The molecule has 1 saturated carbocycles. The van der Waals surface area contributed by atoms with Crippen molar-refractivity contribution >= 4 is 11.9 Å². The number of hydrogen-bond donors (Lipinski definition) is 3. The smallest absolute Gasteiger partial charge is 0.339 e. The van der Waals surface area contributed by atoms with Crippen molar-refractivity contribution < 1.29 is 29.6 Å². The van der Waals surface area contributed by atoms with Crippen molar-refractivity contribution in [3.05, 3.63) is 23.3 Å². The van der Waals surface area contributed by atoms with Crippen LogP contribution in [0.15, 0.2) is 12.1 Å². The van der Waals surface area contributed by atoms with Gasteiger partial charge < -0.3 is 20.1 Å². The minimum atomic E-state index is -1.32. The fourth-order valence-corrected chi connectivity index (χ4v) is 2.81. The topological polar surface area (TPSA) is 104 Å². The molecule has 0 atom stereocenters. The first kappa shape index (κ1) is 14.2. The van der Waals surface area contributed by atoms with Gasteiger partial charge in [-0.15, -0.1) is 0 Å². The molecule has 1 aliphatic carbocycles. The normalized spacial score (nSPS) is 16.9. The first-order valence-corrected chi connectivity index (χ1v) is 6.30. The number of ether oxygens (including phenoxy) is 1. The third kappa shape index (κ3) is 2.07. The number of methoxy groups -OCH3 is 1. The van der Waals surface area contributed by atoms with Gasteiger partial charge in [-0.05, 0) is 30.5 Å². The van der Waals surface area contributed by atoms with Crippen molar-refractivity contribution in [2.45, 2.75) is 31.1 Å². The van der Waals surface area contributed by atoms with E-state index in [1.54, 1.807) is 0 Å². The molecule has 0 heterocycles. The van der Waals surface area contributed by atoms with Gasteiger partial charge in [0, 0.05) is 0 Å². The highest BCUT2D eigenvalue weighted by Gasteiger charge is 2.44. The number of aliphatic carboxylic acids is 1. The fraction of sp³-hybridized carbons (Fsp3) is 0.429. The maximum absolute atomic E-state index is 11.6. The molecule has 6 nitrogen and oxygen atoms in total. The quantitative estimate of drug-likeness (QED) is 0.779. The maximum Gasteiger partial charge on any atom is 0.339 e. The summed E-state index contributed by atoms with van der Waals surface area (Å²) in [5.41, 5.74) is -1.06. The van der Waals surface area contributed by atoms with E-state index >= 15 is 0 Å². The summed E-state index contributed by atoms with van der Waals surface area (Å²) in [6, 6.07) is 2.65. The highest BCUT2D eigenvalue weighted by Crippen LogP contribution is 2.44. The number of carboxylic acid groups (broad SMARTS) is 2. The highest BCUT2D eigenvalue weighted by molar-refractivity contribution is 5.93. The number of carboxylic acids is 2. The zero-order chi connectivity index (χ0) is 14.9. The number of carbonyl (C=O) groups is 2. The molecule has 1 fully saturated rings. The summed E-state index contributed by atoms with van der Waals surface area (Å²) in [5.74, 6) is -2.80. The number of hydrogen-bond acceptors (Lipinski definition) is 4. The summed E-state index contributed by atoms with van der Waals surface area (Å²) in [6.45, 7) is 0.